The molecule has 0 spiro atoms. The van der Waals surface area contributed by atoms with Gasteiger partial charge in [-0.2, -0.15) is 37.7 Å². The summed E-state index contributed by atoms with van der Waals surface area (Å²) in [4.78, 5) is 12.6. The van der Waals surface area contributed by atoms with Crippen LogP contribution in [0.2, 0.25) is 0 Å². The highest BCUT2D eigenvalue weighted by Crippen LogP contribution is 2.34. The molecule has 136 valence electrons. The molecule has 0 radical (unpaired) electrons. The summed E-state index contributed by atoms with van der Waals surface area (Å²) in [5.41, 5.74) is -1.28. The average molecular weight is 382 g/mol. The van der Waals surface area contributed by atoms with Crippen LogP contribution in [0.1, 0.15) is 11.1 Å². The van der Waals surface area contributed by atoms with Crippen molar-refractivity contribution in [1.29, 1.82) is 0 Å². The molecule has 0 aliphatic rings. The van der Waals surface area contributed by atoms with Gasteiger partial charge in [-0.15, -0.1) is 0 Å². The van der Waals surface area contributed by atoms with Crippen LogP contribution in [-0.4, -0.2) is 23.7 Å². The molecule has 2 amide bonds. The highest BCUT2D eigenvalue weighted by Gasteiger charge is 2.36. The number of nitrogens with zero attached hydrogens (tertiary/aromatic N) is 1. The summed E-state index contributed by atoms with van der Waals surface area (Å²) in [6, 6.07) is 4.36. The van der Waals surface area contributed by atoms with Crippen LogP contribution in [-0.2, 0) is 12.7 Å². The molecular weight excluding hydrogens is 370 g/mol. The molecule has 1 N–H and O–H groups in total. The molecule has 0 bridgehead atoms. The molecule has 0 fully saturated rings. The monoisotopic (exact) mass is 382 g/mol. The quantitative estimate of drug-likeness (QED) is 0.709. The number of nitrogens with one attached hydrogen (secondary N) is 1. The van der Waals surface area contributed by atoms with E-state index in [1.165, 1.54) is 23.5 Å². The molecule has 0 aliphatic heterocycles. The van der Waals surface area contributed by atoms with Crippen molar-refractivity contribution in [1.82, 2.24) is 4.90 Å². The van der Waals surface area contributed by atoms with Gasteiger partial charge in [0.1, 0.15) is 6.54 Å². The Morgan fingerprint density at radius 2 is 1.76 bits per heavy atom. The van der Waals surface area contributed by atoms with Crippen LogP contribution in [0.25, 0.3) is 0 Å². The minimum absolute atomic E-state index is 0.372. The van der Waals surface area contributed by atoms with Gasteiger partial charge in [-0.25, -0.2) is 4.79 Å². The van der Waals surface area contributed by atoms with Gasteiger partial charge >= 0.3 is 18.4 Å². The molecule has 2 aromatic rings. The Morgan fingerprint density at radius 1 is 1.08 bits per heavy atom. The van der Waals surface area contributed by atoms with Crippen molar-refractivity contribution < 1.29 is 31.1 Å². The van der Waals surface area contributed by atoms with Gasteiger partial charge in [0.05, 0.1) is 11.3 Å². The second kappa shape index (κ2) is 7.34. The van der Waals surface area contributed by atoms with Gasteiger partial charge in [-0.05, 0) is 34.5 Å². The third kappa shape index (κ3) is 5.66. The number of urea groups is 1. The number of halogens is 6. The maximum Gasteiger partial charge on any atom is 0.418 e. The van der Waals surface area contributed by atoms with Crippen molar-refractivity contribution in [3.05, 3.63) is 52.2 Å². The van der Waals surface area contributed by atoms with E-state index in [1.54, 1.807) is 10.8 Å². The van der Waals surface area contributed by atoms with Gasteiger partial charge in [0.25, 0.3) is 0 Å². The molecule has 0 aliphatic carbocycles. The van der Waals surface area contributed by atoms with Crippen molar-refractivity contribution in [2.45, 2.75) is 18.9 Å². The third-order valence-corrected chi connectivity index (χ3v) is 3.82. The van der Waals surface area contributed by atoms with E-state index in [9.17, 15) is 31.1 Å². The van der Waals surface area contributed by atoms with Crippen LogP contribution < -0.4 is 5.32 Å². The standard InChI is InChI=1S/C15H12F6N2OS/c16-14(17,18)9-23(7-10-5-6-25-8-10)13(24)22-12-4-2-1-3-11(12)15(19,20)21/h1-6,8H,7,9H2,(H,22,24). The van der Waals surface area contributed by atoms with Gasteiger partial charge in [-0.1, -0.05) is 12.1 Å². The molecule has 0 saturated heterocycles. The number of benzene rings is 1. The first-order valence-electron chi connectivity index (χ1n) is 6.86. The van der Waals surface area contributed by atoms with Gasteiger partial charge in [0.15, 0.2) is 0 Å². The van der Waals surface area contributed by atoms with Crippen LogP contribution in [0, 0.1) is 0 Å². The van der Waals surface area contributed by atoms with Crippen LogP contribution in [0.15, 0.2) is 41.1 Å². The lowest BCUT2D eigenvalue weighted by Gasteiger charge is -2.24. The number of para-hydroxylation sites is 1. The van der Waals surface area contributed by atoms with Crippen molar-refractivity contribution in [2.24, 2.45) is 0 Å². The summed E-state index contributed by atoms with van der Waals surface area (Å²) < 4.78 is 76.9. The first kappa shape index (κ1) is 19.1. The number of carbonyl (C=O) groups is 1. The molecule has 0 unspecified atom stereocenters. The van der Waals surface area contributed by atoms with Gasteiger partial charge in [-0.3, -0.25) is 0 Å². The lowest BCUT2D eigenvalue weighted by molar-refractivity contribution is -0.140. The summed E-state index contributed by atoms with van der Waals surface area (Å²) in [5.74, 6) is 0. The van der Waals surface area contributed by atoms with Crippen LogP contribution >= 0.6 is 11.3 Å². The molecule has 1 aromatic carbocycles. The third-order valence-electron chi connectivity index (χ3n) is 3.08. The van der Waals surface area contributed by atoms with Crippen molar-refractivity contribution in [3.63, 3.8) is 0 Å². The lowest BCUT2D eigenvalue weighted by Crippen LogP contribution is -2.41. The number of hydrogen-bond donors (Lipinski definition) is 1. The Hall–Kier alpha value is -2.23. The zero-order chi connectivity index (χ0) is 18.7. The zero-order valence-electron chi connectivity index (χ0n) is 12.5. The fourth-order valence-electron chi connectivity index (χ4n) is 2.05. The maximum absolute atomic E-state index is 12.9. The fraction of sp³-hybridized carbons (Fsp3) is 0.267. The maximum atomic E-state index is 12.9. The topological polar surface area (TPSA) is 32.3 Å². The van der Waals surface area contributed by atoms with E-state index in [1.807, 2.05) is 5.32 Å². The fourth-order valence-corrected chi connectivity index (χ4v) is 2.71. The van der Waals surface area contributed by atoms with Gasteiger partial charge in [0.2, 0.25) is 0 Å². The average Bonchev–Trinajstić information content (AvgIpc) is 2.97. The molecule has 2 rings (SSSR count). The molecular formula is C15H12F6N2OS. The predicted octanol–water partition coefficient (Wildman–Crippen LogP) is 5.36. The number of anilines is 1. The summed E-state index contributed by atoms with van der Waals surface area (Å²) in [6.45, 7) is -1.95. The molecule has 25 heavy (non-hydrogen) atoms. The normalized spacial score (nSPS) is 12.1. The highest BCUT2D eigenvalue weighted by molar-refractivity contribution is 7.07. The van der Waals surface area contributed by atoms with E-state index in [0.717, 1.165) is 18.2 Å². The van der Waals surface area contributed by atoms with E-state index in [2.05, 4.69) is 0 Å². The first-order chi connectivity index (χ1) is 11.6. The van der Waals surface area contributed by atoms with Crippen molar-refractivity contribution in [2.75, 3.05) is 11.9 Å². The SMILES string of the molecule is O=C(Nc1ccccc1C(F)(F)F)N(Cc1ccsc1)CC(F)(F)F. The van der Waals surface area contributed by atoms with Gasteiger partial charge in [0, 0.05) is 6.54 Å². The Bertz CT molecular complexity index is 712. The second-order valence-corrected chi connectivity index (χ2v) is 5.86. The summed E-state index contributed by atoms with van der Waals surface area (Å²) >= 11 is 1.23. The smallest absolute Gasteiger partial charge is 0.311 e. The Balaban J connectivity index is 2.22. The lowest BCUT2D eigenvalue weighted by atomic mass is 10.1. The number of amides is 2. The van der Waals surface area contributed by atoms with E-state index in [0.29, 0.717) is 10.5 Å². The van der Waals surface area contributed by atoms with Crippen molar-refractivity contribution in [3.8, 4) is 0 Å². The molecule has 10 heteroatoms. The van der Waals surface area contributed by atoms with Crippen LogP contribution in [0.3, 0.4) is 0 Å². The first-order valence-corrected chi connectivity index (χ1v) is 7.80. The zero-order valence-corrected chi connectivity index (χ0v) is 13.3. The molecule has 0 atom stereocenters. The Morgan fingerprint density at radius 3 is 2.32 bits per heavy atom. The molecule has 1 aromatic heterocycles. The van der Waals surface area contributed by atoms with Crippen LogP contribution in [0.5, 0.6) is 0 Å². The second-order valence-electron chi connectivity index (χ2n) is 5.08. The van der Waals surface area contributed by atoms with E-state index in [-0.39, 0.29) is 6.54 Å². The van der Waals surface area contributed by atoms with Crippen molar-refractivity contribution >= 4 is 23.1 Å². The molecule has 1 heterocycles. The van der Waals surface area contributed by atoms with Crippen LogP contribution in [0.4, 0.5) is 36.8 Å². The van der Waals surface area contributed by atoms with E-state index in [4.69, 9.17) is 0 Å². The largest absolute Gasteiger partial charge is 0.418 e. The molecule has 0 saturated carbocycles. The van der Waals surface area contributed by atoms with E-state index >= 15 is 0 Å². The minimum Gasteiger partial charge on any atom is -0.311 e. The predicted molar refractivity (Wildman–Crippen MR) is 81.2 cm³/mol. The number of rotatable bonds is 4. The Labute approximate surface area is 142 Å². The summed E-state index contributed by atoms with van der Waals surface area (Å²) in [7, 11) is 0. The molecule has 3 nitrogen and oxygen atoms in total. The Kier molecular flexibility index (Phi) is 5.61. The number of alkyl halides is 6. The summed E-state index contributed by atoms with van der Waals surface area (Å²) in [5, 5.41) is 5.10. The summed E-state index contributed by atoms with van der Waals surface area (Å²) in [6.07, 6.45) is -9.43. The highest BCUT2D eigenvalue weighted by atomic mass is 32.1. The number of thiophene rings is 1. The minimum atomic E-state index is -4.74. The number of carbonyl (C=O) groups excluding carboxylic acids is 1. The van der Waals surface area contributed by atoms with Gasteiger partial charge < -0.3 is 10.2 Å². The van der Waals surface area contributed by atoms with E-state index < -0.39 is 36.2 Å². The number of hydrogen-bond acceptors (Lipinski definition) is 2.